The molecule has 1 amide bonds. The Balaban J connectivity index is 1.54. The Morgan fingerprint density at radius 3 is 2.37 bits per heavy atom. The van der Waals surface area contributed by atoms with E-state index in [9.17, 15) is 19.2 Å². The van der Waals surface area contributed by atoms with Crippen LogP contribution in [0.5, 0.6) is 0 Å². The summed E-state index contributed by atoms with van der Waals surface area (Å²) in [6.07, 6.45) is -0.376. The summed E-state index contributed by atoms with van der Waals surface area (Å²) in [5, 5.41) is 12.8. The van der Waals surface area contributed by atoms with Crippen molar-refractivity contribution in [3.05, 3.63) is 97.7 Å². The van der Waals surface area contributed by atoms with Gasteiger partial charge in [0, 0.05) is 39.2 Å². The molecule has 4 rings (SSSR count). The van der Waals surface area contributed by atoms with E-state index in [1.54, 1.807) is 18.2 Å². The maximum Gasteiger partial charge on any atom is 0.231 e. The number of nitrogens with one attached hydrogen (secondary N) is 1. The van der Waals surface area contributed by atoms with Gasteiger partial charge in [0.1, 0.15) is 10.2 Å². The number of benzene rings is 3. The molecule has 0 bridgehead atoms. The lowest BCUT2D eigenvalue weighted by molar-refractivity contribution is -0.117. The van der Waals surface area contributed by atoms with Crippen molar-refractivity contribution in [1.82, 2.24) is 0 Å². The second kappa shape index (κ2) is 9.97. The number of anilines is 1. The van der Waals surface area contributed by atoms with Gasteiger partial charge >= 0.3 is 0 Å². The normalized spacial score (nSPS) is 18.0. The summed E-state index contributed by atoms with van der Waals surface area (Å²) in [5.74, 6) is -3.00. The average molecular weight is 571 g/mol. The molecule has 0 saturated heterocycles. The van der Waals surface area contributed by atoms with E-state index in [1.807, 2.05) is 6.07 Å². The van der Waals surface area contributed by atoms with Gasteiger partial charge in [-0.1, -0.05) is 40.9 Å². The third-order valence-corrected chi connectivity index (χ3v) is 7.40. The summed E-state index contributed by atoms with van der Waals surface area (Å²) >= 11 is 31.1. The fourth-order valence-electron chi connectivity index (χ4n) is 3.96. The summed E-state index contributed by atoms with van der Waals surface area (Å²) in [6.45, 7) is 0. The largest absolute Gasteiger partial charge is 0.326 e. The summed E-state index contributed by atoms with van der Waals surface area (Å²) in [7, 11) is 0. The zero-order valence-electron chi connectivity index (χ0n) is 17.6. The van der Waals surface area contributed by atoms with Gasteiger partial charge in [-0.25, -0.2) is 4.39 Å². The van der Waals surface area contributed by atoms with Gasteiger partial charge in [-0.05, 0) is 54.1 Å². The van der Waals surface area contributed by atoms with Crippen molar-refractivity contribution in [2.75, 3.05) is 5.32 Å². The number of Topliss-reactive ketones (excluding diaryl/α,β-unsaturated/α-hetero) is 1. The van der Waals surface area contributed by atoms with Crippen LogP contribution in [0, 0.1) is 23.1 Å². The van der Waals surface area contributed by atoms with Crippen molar-refractivity contribution < 1.29 is 14.0 Å². The molecule has 2 atom stereocenters. The van der Waals surface area contributed by atoms with Gasteiger partial charge in [-0.2, -0.15) is 5.26 Å². The monoisotopic (exact) mass is 568 g/mol. The molecule has 0 heterocycles. The van der Waals surface area contributed by atoms with Crippen LogP contribution in [0.3, 0.4) is 0 Å². The Kier molecular flexibility index (Phi) is 7.33. The zero-order valence-corrected chi connectivity index (χ0v) is 21.4. The number of alkyl halides is 2. The maximum atomic E-state index is 14.2. The predicted molar refractivity (Wildman–Crippen MR) is 136 cm³/mol. The first-order valence-corrected chi connectivity index (χ1v) is 12.1. The molecule has 10 heteroatoms. The van der Waals surface area contributed by atoms with E-state index in [0.29, 0.717) is 15.6 Å². The summed E-state index contributed by atoms with van der Waals surface area (Å²) < 4.78 is 12.9. The van der Waals surface area contributed by atoms with Crippen LogP contribution in [0.1, 0.15) is 33.0 Å². The minimum atomic E-state index is -1.37. The van der Waals surface area contributed by atoms with E-state index in [0.717, 1.165) is 0 Å². The lowest BCUT2D eigenvalue weighted by Gasteiger charge is -2.10. The van der Waals surface area contributed by atoms with Gasteiger partial charge < -0.3 is 5.32 Å². The van der Waals surface area contributed by atoms with Crippen LogP contribution in [-0.4, -0.2) is 16.0 Å². The van der Waals surface area contributed by atoms with E-state index in [-0.39, 0.29) is 33.8 Å². The van der Waals surface area contributed by atoms with Crippen LogP contribution >= 0.6 is 58.0 Å². The molecular weight excluding hydrogens is 557 g/mol. The van der Waals surface area contributed by atoms with Gasteiger partial charge in [0.15, 0.2) is 5.78 Å². The number of rotatable bonds is 6. The number of ketones is 1. The molecule has 3 aromatic rings. The van der Waals surface area contributed by atoms with Crippen molar-refractivity contribution in [3.8, 4) is 6.07 Å². The van der Waals surface area contributed by atoms with Gasteiger partial charge in [0.2, 0.25) is 5.91 Å². The quantitative estimate of drug-likeness (QED) is 0.245. The van der Waals surface area contributed by atoms with Crippen LogP contribution in [0.25, 0.3) is 0 Å². The molecule has 4 nitrogen and oxygen atoms in total. The molecule has 0 spiro atoms. The molecule has 35 heavy (non-hydrogen) atoms. The fourth-order valence-corrected chi connectivity index (χ4v) is 5.55. The summed E-state index contributed by atoms with van der Waals surface area (Å²) in [6, 6.07) is 15.0. The molecule has 0 aliphatic heterocycles. The molecule has 1 aliphatic rings. The summed E-state index contributed by atoms with van der Waals surface area (Å²) in [4.78, 5) is 25.9. The van der Waals surface area contributed by atoms with Crippen LogP contribution < -0.4 is 5.32 Å². The van der Waals surface area contributed by atoms with Crippen LogP contribution in [0.2, 0.25) is 15.1 Å². The lowest BCUT2D eigenvalue weighted by Crippen LogP contribution is -2.17. The van der Waals surface area contributed by atoms with E-state index in [1.165, 1.54) is 36.4 Å². The first kappa shape index (κ1) is 25.8. The number of amides is 1. The van der Waals surface area contributed by atoms with Gasteiger partial charge in [0.25, 0.3) is 0 Å². The van der Waals surface area contributed by atoms with Crippen LogP contribution in [-0.2, 0) is 11.2 Å². The van der Waals surface area contributed by atoms with Gasteiger partial charge in [-0.3, -0.25) is 9.59 Å². The van der Waals surface area contributed by atoms with Crippen LogP contribution in [0.15, 0.2) is 54.6 Å². The lowest BCUT2D eigenvalue weighted by atomic mass is 9.98. The molecule has 1 saturated carbocycles. The minimum absolute atomic E-state index is 0.0272. The van der Waals surface area contributed by atoms with Crippen molar-refractivity contribution in [2.24, 2.45) is 5.92 Å². The number of nitrogens with zero attached hydrogens (tertiary/aromatic N) is 1. The highest BCUT2D eigenvalue weighted by atomic mass is 35.5. The van der Waals surface area contributed by atoms with E-state index in [4.69, 9.17) is 58.0 Å². The maximum absolute atomic E-state index is 14.2. The topological polar surface area (TPSA) is 70.0 Å². The second-order valence-corrected chi connectivity index (χ2v) is 10.7. The zero-order chi connectivity index (χ0) is 25.5. The molecule has 2 unspecified atom stereocenters. The van der Waals surface area contributed by atoms with Gasteiger partial charge in [-0.15, -0.1) is 23.2 Å². The fraction of sp³-hybridized carbons (Fsp3) is 0.160. The number of nitriles is 1. The summed E-state index contributed by atoms with van der Waals surface area (Å²) in [5.41, 5.74) is 0.989. The average Bonchev–Trinajstić information content (AvgIpc) is 3.37. The first-order valence-electron chi connectivity index (χ1n) is 10.2. The highest BCUT2D eigenvalue weighted by Crippen LogP contribution is 2.65. The molecule has 1 N–H and O–H groups in total. The molecule has 1 fully saturated rings. The molecular formula is C25H14Cl5FN2O2. The van der Waals surface area contributed by atoms with E-state index < -0.39 is 33.7 Å². The standard InChI is InChI=1S/C25H14Cl5FN2O2/c26-14-6-13(7-15(27)8-14)22-23(25(22,29)30)24(35)33-16-4-5-19(28)18(9-16)21(34)10-17-12(11-32)2-1-3-20(17)31/h1-9,22-23H,10H2,(H,33,35). The van der Waals surface area contributed by atoms with Crippen molar-refractivity contribution in [1.29, 1.82) is 5.26 Å². The Bertz CT molecular complexity index is 1380. The molecule has 3 aromatic carbocycles. The third kappa shape index (κ3) is 5.28. The highest BCUT2D eigenvalue weighted by Gasteiger charge is 2.67. The first-order chi connectivity index (χ1) is 16.5. The molecule has 0 radical (unpaired) electrons. The van der Waals surface area contributed by atoms with Crippen molar-refractivity contribution in [3.63, 3.8) is 0 Å². The van der Waals surface area contributed by atoms with E-state index in [2.05, 4.69) is 5.32 Å². The van der Waals surface area contributed by atoms with E-state index >= 15 is 0 Å². The second-order valence-electron chi connectivity index (χ2n) is 7.99. The van der Waals surface area contributed by atoms with Crippen LogP contribution in [0.4, 0.5) is 10.1 Å². The smallest absolute Gasteiger partial charge is 0.231 e. The highest BCUT2D eigenvalue weighted by molar-refractivity contribution is 6.53. The number of halogens is 6. The van der Waals surface area contributed by atoms with Crippen molar-refractivity contribution >= 4 is 75.4 Å². The Morgan fingerprint density at radius 2 is 1.71 bits per heavy atom. The molecule has 1 aliphatic carbocycles. The number of hydrogen-bond donors (Lipinski definition) is 1. The number of carbonyl (C=O) groups is 2. The SMILES string of the molecule is N#Cc1cccc(F)c1CC(=O)c1cc(NC(=O)C2C(c3cc(Cl)cc(Cl)c3)C2(Cl)Cl)ccc1Cl. The Morgan fingerprint density at radius 1 is 1.03 bits per heavy atom. The molecule has 178 valence electrons. The third-order valence-electron chi connectivity index (χ3n) is 5.69. The minimum Gasteiger partial charge on any atom is -0.326 e. The van der Waals surface area contributed by atoms with Gasteiger partial charge in [0.05, 0.1) is 22.6 Å². The van der Waals surface area contributed by atoms with Crippen molar-refractivity contribution in [2.45, 2.75) is 16.7 Å². The Labute approximate surface area is 225 Å². The molecule has 0 aromatic heterocycles. The number of carbonyl (C=O) groups excluding carboxylic acids is 2. The predicted octanol–water partition coefficient (Wildman–Crippen LogP) is 7.61. The number of hydrogen-bond acceptors (Lipinski definition) is 3. The Hall–Kier alpha value is -2.33.